The molecule has 1 atom stereocenters. The number of rotatable bonds is 6. The normalized spacial score (nSPS) is 22.9. The first-order valence-electron chi connectivity index (χ1n) is 9.41. The second kappa shape index (κ2) is 9.40. The van der Waals surface area contributed by atoms with Crippen LogP contribution in [0.1, 0.15) is 45.4 Å². The number of aliphatic imine (C=N–C) groups is 1. The largest absolute Gasteiger partial charge is 0.355 e. The molecule has 2 rings (SSSR count). The standard InChI is InChI=1S/C17H32N4O3S/c1-3-25(23,24)12-10-19-17(18-2)20-15-9-11-21(13-15)16(22)14-7-5-4-6-8-14/h14-15H,3-13H2,1-2H3,(H2,18,19,20). The van der Waals surface area contributed by atoms with E-state index in [1.807, 2.05) is 4.90 Å². The third-order valence-corrected chi connectivity index (χ3v) is 6.87. The fourth-order valence-corrected chi connectivity index (χ4v) is 4.24. The number of hydrogen-bond donors (Lipinski definition) is 2. The number of sulfone groups is 1. The van der Waals surface area contributed by atoms with Gasteiger partial charge in [-0.3, -0.25) is 9.79 Å². The lowest BCUT2D eigenvalue weighted by atomic mass is 9.88. The molecule has 1 saturated heterocycles. The lowest BCUT2D eigenvalue weighted by Crippen LogP contribution is -2.46. The predicted octanol–water partition coefficient (Wildman–Crippen LogP) is 0.767. The van der Waals surface area contributed by atoms with Crippen molar-refractivity contribution in [2.75, 3.05) is 38.2 Å². The monoisotopic (exact) mass is 372 g/mol. The van der Waals surface area contributed by atoms with Crippen LogP contribution in [0.15, 0.2) is 4.99 Å². The molecule has 1 heterocycles. The van der Waals surface area contributed by atoms with Crippen molar-refractivity contribution < 1.29 is 13.2 Å². The molecule has 1 unspecified atom stereocenters. The number of hydrogen-bond acceptors (Lipinski definition) is 4. The molecule has 1 aliphatic carbocycles. The minimum Gasteiger partial charge on any atom is -0.355 e. The van der Waals surface area contributed by atoms with E-state index in [2.05, 4.69) is 15.6 Å². The molecule has 1 saturated carbocycles. The summed E-state index contributed by atoms with van der Waals surface area (Å²) in [7, 11) is -1.31. The molecule has 1 amide bonds. The van der Waals surface area contributed by atoms with E-state index in [0.29, 0.717) is 25.0 Å². The van der Waals surface area contributed by atoms with Gasteiger partial charge in [0.05, 0.1) is 5.75 Å². The van der Waals surface area contributed by atoms with E-state index < -0.39 is 9.84 Å². The molecule has 25 heavy (non-hydrogen) atoms. The van der Waals surface area contributed by atoms with Gasteiger partial charge in [-0.2, -0.15) is 0 Å². The zero-order valence-electron chi connectivity index (χ0n) is 15.5. The molecule has 0 spiro atoms. The van der Waals surface area contributed by atoms with E-state index >= 15 is 0 Å². The van der Waals surface area contributed by atoms with Crippen LogP contribution in [0.3, 0.4) is 0 Å². The number of likely N-dealkylation sites (tertiary alicyclic amines) is 1. The summed E-state index contributed by atoms with van der Waals surface area (Å²) < 4.78 is 23.1. The minimum absolute atomic E-state index is 0.0984. The van der Waals surface area contributed by atoms with Crippen molar-refractivity contribution in [1.82, 2.24) is 15.5 Å². The van der Waals surface area contributed by atoms with Crippen LogP contribution in [0, 0.1) is 5.92 Å². The number of nitrogens with zero attached hydrogens (tertiary/aromatic N) is 2. The lowest BCUT2D eigenvalue weighted by Gasteiger charge is -2.26. The van der Waals surface area contributed by atoms with Gasteiger partial charge in [0.15, 0.2) is 15.8 Å². The van der Waals surface area contributed by atoms with Crippen LogP contribution in [0.25, 0.3) is 0 Å². The topological polar surface area (TPSA) is 90.9 Å². The first-order chi connectivity index (χ1) is 11.9. The zero-order chi connectivity index (χ0) is 18.3. The molecule has 7 nitrogen and oxygen atoms in total. The Morgan fingerprint density at radius 1 is 1.20 bits per heavy atom. The maximum atomic E-state index is 12.6. The highest BCUT2D eigenvalue weighted by Crippen LogP contribution is 2.26. The Bertz CT molecular complexity index is 570. The SMILES string of the molecule is CCS(=O)(=O)CCNC(=NC)NC1CCN(C(=O)C2CCCCC2)C1. The van der Waals surface area contributed by atoms with Gasteiger partial charge in [0, 0.05) is 44.4 Å². The molecule has 0 aromatic heterocycles. The summed E-state index contributed by atoms with van der Waals surface area (Å²) in [5.74, 6) is 1.37. The van der Waals surface area contributed by atoms with E-state index in [0.717, 1.165) is 25.8 Å². The predicted molar refractivity (Wildman–Crippen MR) is 100 cm³/mol. The number of guanidine groups is 1. The first-order valence-corrected chi connectivity index (χ1v) is 11.2. The molecule has 1 aliphatic heterocycles. The summed E-state index contributed by atoms with van der Waals surface area (Å²) >= 11 is 0. The van der Waals surface area contributed by atoms with Gasteiger partial charge in [-0.05, 0) is 19.3 Å². The van der Waals surface area contributed by atoms with Crippen molar-refractivity contribution >= 4 is 21.7 Å². The van der Waals surface area contributed by atoms with Crippen LogP contribution in [0.2, 0.25) is 0 Å². The summed E-state index contributed by atoms with van der Waals surface area (Å²) in [6.45, 7) is 3.48. The van der Waals surface area contributed by atoms with E-state index in [9.17, 15) is 13.2 Å². The molecule has 0 radical (unpaired) electrons. The molecule has 2 aliphatic rings. The Kier molecular flexibility index (Phi) is 7.53. The molecule has 0 aromatic carbocycles. The molecule has 0 aromatic rings. The second-order valence-corrected chi connectivity index (χ2v) is 9.46. The van der Waals surface area contributed by atoms with E-state index in [-0.39, 0.29) is 23.5 Å². The highest BCUT2D eigenvalue weighted by Gasteiger charge is 2.31. The van der Waals surface area contributed by atoms with Crippen molar-refractivity contribution in [2.45, 2.75) is 51.5 Å². The number of carbonyl (C=O) groups excluding carboxylic acids is 1. The highest BCUT2D eigenvalue weighted by atomic mass is 32.2. The van der Waals surface area contributed by atoms with Gasteiger partial charge in [0.1, 0.15) is 0 Å². The smallest absolute Gasteiger partial charge is 0.225 e. The zero-order valence-corrected chi connectivity index (χ0v) is 16.3. The average Bonchev–Trinajstić information content (AvgIpc) is 3.09. The van der Waals surface area contributed by atoms with Crippen LogP contribution < -0.4 is 10.6 Å². The Hall–Kier alpha value is -1.31. The van der Waals surface area contributed by atoms with Crippen LogP contribution >= 0.6 is 0 Å². The van der Waals surface area contributed by atoms with Crippen molar-refractivity contribution in [3.05, 3.63) is 0 Å². The maximum Gasteiger partial charge on any atom is 0.225 e. The second-order valence-electron chi connectivity index (χ2n) is 6.98. The quantitative estimate of drug-likeness (QED) is 0.531. The van der Waals surface area contributed by atoms with Gasteiger partial charge in [-0.1, -0.05) is 26.2 Å². The van der Waals surface area contributed by atoms with Crippen molar-refractivity contribution in [1.29, 1.82) is 0 Å². The van der Waals surface area contributed by atoms with Crippen molar-refractivity contribution in [3.8, 4) is 0 Å². The molecule has 2 fully saturated rings. The van der Waals surface area contributed by atoms with Gasteiger partial charge in [0.2, 0.25) is 5.91 Å². The molecular formula is C17H32N4O3S. The summed E-state index contributed by atoms with van der Waals surface area (Å²) in [5.41, 5.74) is 0. The molecular weight excluding hydrogens is 340 g/mol. The van der Waals surface area contributed by atoms with E-state index in [1.54, 1.807) is 14.0 Å². The summed E-state index contributed by atoms with van der Waals surface area (Å²) in [4.78, 5) is 18.7. The summed E-state index contributed by atoms with van der Waals surface area (Å²) in [6, 6.07) is 0.168. The van der Waals surface area contributed by atoms with Crippen LogP contribution in [-0.4, -0.2) is 69.4 Å². The fraction of sp³-hybridized carbons (Fsp3) is 0.882. The Balaban J connectivity index is 1.75. The third-order valence-electron chi connectivity index (χ3n) is 5.16. The van der Waals surface area contributed by atoms with Crippen molar-refractivity contribution in [3.63, 3.8) is 0 Å². The fourth-order valence-electron chi connectivity index (χ4n) is 3.54. The summed E-state index contributed by atoms with van der Waals surface area (Å²) in [6.07, 6.45) is 6.55. The van der Waals surface area contributed by atoms with Crippen LogP contribution in [0.4, 0.5) is 0 Å². The van der Waals surface area contributed by atoms with Crippen molar-refractivity contribution in [2.24, 2.45) is 10.9 Å². The maximum absolute atomic E-state index is 12.6. The Morgan fingerprint density at radius 2 is 1.92 bits per heavy atom. The number of carbonyl (C=O) groups is 1. The number of nitrogens with one attached hydrogen (secondary N) is 2. The molecule has 0 bridgehead atoms. The minimum atomic E-state index is -2.98. The summed E-state index contributed by atoms with van der Waals surface area (Å²) in [5, 5.41) is 6.36. The van der Waals surface area contributed by atoms with Gasteiger partial charge < -0.3 is 15.5 Å². The van der Waals surface area contributed by atoms with E-state index in [4.69, 9.17) is 0 Å². The van der Waals surface area contributed by atoms with Crippen LogP contribution in [-0.2, 0) is 14.6 Å². The Labute approximate surface area is 151 Å². The van der Waals surface area contributed by atoms with Crippen LogP contribution in [0.5, 0.6) is 0 Å². The first kappa shape index (κ1) is 20.0. The lowest BCUT2D eigenvalue weighted by molar-refractivity contribution is -0.135. The number of amides is 1. The third kappa shape index (κ3) is 6.17. The van der Waals surface area contributed by atoms with Gasteiger partial charge in [0.25, 0.3) is 0 Å². The van der Waals surface area contributed by atoms with Gasteiger partial charge in [-0.15, -0.1) is 0 Å². The molecule has 8 heteroatoms. The highest BCUT2D eigenvalue weighted by molar-refractivity contribution is 7.91. The average molecular weight is 373 g/mol. The Morgan fingerprint density at radius 3 is 2.56 bits per heavy atom. The molecule has 2 N–H and O–H groups in total. The van der Waals surface area contributed by atoms with E-state index in [1.165, 1.54) is 19.3 Å². The molecule has 144 valence electrons. The van der Waals surface area contributed by atoms with Gasteiger partial charge >= 0.3 is 0 Å². The van der Waals surface area contributed by atoms with Gasteiger partial charge in [-0.25, -0.2) is 8.42 Å².